The molecular formula is C13H13N5O3. The Labute approximate surface area is 119 Å². The van der Waals surface area contributed by atoms with Crippen LogP contribution in [-0.4, -0.2) is 30.8 Å². The number of furan rings is 1. The molecule has 0 saturated carbocycles. The Morgan fingerprint density at radius 3 is 3.00 bits per heavy atom. The van der Waals surface area contributed by atoms with Gasteiger partial charge in [0.25, 0.3) is 0 Å². The molecule has 0 bridgehead atoms. The zero-order valence-electron chi connectivity index (χ0n) is 11.5. The lowest BCUT2D eigenvalue weighted by atomic mass is 10.2. The van der Waals surface area contributed by atoms with Crippen molar-refractivity contribution in [3.05, 3.63) is 35.7 Å². The second-order valence-corrected chi connectivity index (χ2v) is 4.57. The number of aromatic carboxylic acids is 1. The van der Waals surface area contributed by atoms with Crippen LogP contribution in [0.2, 0.25) is 0 Å². The fourth-order valence-corrected chi connectivity index (χ4v) is 2.12. The average molecular weight is 287 g/mol. The van der Waals surface area contributed by atoms with Crippen molar-refractivity contribution in [1.29, 1.82) is 0 Å². The minimum absolute atomic E-state index is 0.168. The van der Waals surface area contributed by atoms with E-state index in [0.29, 0.717) is 29.5 Å². The largest absolute Gasteiger partial charge is 0.478 e. The van der Waals surface area contributed by atoms with Gasteiger partial charge in [0.05, 0.1) is 18.1 Å². The topological polar surface area (TPSA) is 106 Å². The van der Waals surface area contributed by atoms with E-state index in [1.807, 2.05) is 0 Å². The van der Waals surface area contributed by atoms with Crippen LogP contribution in [-0.2, 0) is 13.6 Å². The van der Waals surface area contributed by atoms with E-state index in [2.05, 4.69) is 20.4 Å². The molecule has 3 rings (SSSR count). The second-order valence-electron chi connectivity index (χ2n) is 4.57. The van der Waals surface area contributed by atoms with E-state index in [1.54, 1.807) is 24.9 Å². The quantitative estimate of drug-likeness (QED) is 0.750. The summed E-state index contributed by atoms with van der Waals surface area (Å²) < 4.78 is 7.06. The highest BCUT2D eigenvalue weighted by molar-refractivity contribution is 5.89. The summed E-state index contributed by atoms with van der Waals surface area (Å²) in [4.78, 5) is 19.3. The van der Waals surface area contributed by atoms with E-state index in [9.17, 15) is 4.79 Å². The van der Waals surface area contributed by atoms with Crippen LogP contribution in [0.15, 0.2) is 23.0 Å². The summed E-state index contributed by atoms with van der Waals surface area (Å²) in [6.45, 7) is 1.95. The van der Waals surface area contributed by atoms with Gasteiger partial charge in [0.2, 0.25) is 0 Å². The summed E-state index contributed by atoms with van der Waals surface area (Å²) in [7, 11) is 1.80. The maximum Gasteiger partial charge on any atom is 0.339 e. The number of anilines is 1. The van der Waals surface area contributed by atoms with E-state index in [-0.39, 0.29) is 5.56 Å². The molecule has 8 nitrogen and oxygen atoms in total. The molecule has 0 aliphatic heterocycles. The van der Waals surface area contributed by atoms with Crippen molar-refractivity contribution in [2.24, 2.45) is 7.05 Å². The Bertz CT molecular complexity index is 820. The number of carbonyl (C=O) groups is 1. The summed E-state index contributed by atoms with van der Waals surface area (Å²) in [5.74, 6) is 0.535. The van der Waals surface area contributed by atoms with Gasteiger partial charge >= 0.3 is 5.97 Å². The standard InChI is InChI=1S/C13H13N5O3/c1-7-9(13(19)20)3-8(21-7)4-14-11-10-5-17-18(2)12(10)16-6-15-11/h3,5-6H,4H2,1-2H3,(H,19,20)(H,14,15,16). The molecule has 0 aromatic carbocycles. The van der Waals surface area contributed by atoms with Crippen LogP contribution in [0.1, 0.15) is 21.9 Å². The number of fused-ring (bicyclic) bond motifs is 1. The molecular weight excluding hydrogens is 274 g/mol. The Balaban J connectivity index is 1.83. The highest BCUT2D eigenvalue weighted by Crippen LogP contribution is 2.20. The first-order chi connectivity index (χ1) is 10.1. The highest BCUT2D eigenvalue weighted by atomic mass is 16.4. The summed E-state index contributed by atoms with van der Waals surface area (Å²) in [6, 6.07) is 1.51. The van der Waals surface area contributed by atoms with Gasteiger partial charge in [-0.2, -0.15) is 5.10 Å². The summed E-state index contributed by atoms with van der Waals surface area (Å²) in [5.41, 5.74) is 0.885. The molecule has 3 aromatic rings. The Morgan fingerprint density at radius 2 is 2.29 bits per heavy atom. The smallest absolute Gasteiger partial charge is 0.339 e. The fourth-order valence-electron chi connectivity index (χ4n) is 2.12. The molecule has 21 heavy (non-hydrogen) atoms. The zero-order valence-corrected chi connectivity index (χ0v) is 11.5. The molecule has 0 spiro atoms. The summed E-state index contributed by atoms with van der Waals surface area (Å²) >= 11 is 0. The molecule has 0 amide bonds. The minimum atomic E-state index is -1.00. The predicted octanol–water partition coefficient (Wildman–Crippen LogP) is 1.58. The first-order valence-electron chi connectivity index (χ1n) is 6.25. The molecule has 0 saturated heterocycles. The molecule has 0 aliphatic rings. The number of hydrogen-bond donors (Lipinski definition) is 2. The Hall–Kier alpha value is -2.90. The molecule has 8 heteroatoms. The van der Waals surface area contributed by atoms with Crippen molar-refractivity contribution in [2.75, 3.05) is 5.32 Å². The number of aryl methyl sites for hydroxylation is 2. The maximum absolute atomic E-state index is 11.0. The number of aromatic nitrogens is 4. The van der Waals surface area contributed by atoms with Gasteiger partial charge in [0.15, 0.2) is 5.65 Å². The third kappa shape index (κ3) is 2.31. The van der Waals surface area contributed by atoms with Gasteiger partial charge in [0.1, 0.15) is 29.2 Å². The number of carboxylic acids is 1. The SMILES string of the molecule is Cc1oc(CNc2ncnc3c2cnn3C)cc1C(=O)O. The number of hydrogen-bond acceptors (Lipinski definition) is 6. The lowest BCUT2D eigenvalue weighted by Gasteiger charge is -2.04. The number of rotatable bonds is 4. The van der Waals surface area contributed by atoms with Crippen LogP contribution in [0.25, 0.3) is 11.0 Å². The van der Waals surface area contributed by atoms with Crippen molar-refractivity contribution in [1.82, 2.24) is 19.7 Å². The Morgan fingerprint density at radius 1 is 1.48 bits per heavy atom. The average Bonchev–Trinajstić information content (AvgIpc) is 3.01. The van der Waals surface area contributed by atoms with Gasteiger partial charge in [-0.3, -0.25) is 4.68 Å². The molecule has 2 N–H and O–H groups in total. The van der Waals surface area contributed by atoms with Crippen LogP contribution < -0.4 is 5.32 Å². The maximum atomic E-state index is 11.0. The molecule has 0 aliphatic carbocycles. The Kier molecular flexibility index (Phi) is 3.05. The van der Waals surface area contributed by atoms with Gasteiger partial charge in [-0.15, -0.1) is 0 Å². The fraction of sp³-hybridized carbons (Fsp3) is 0.231. The van der Waals surface area contributed by atoms with Crippen LogP contribution in [0.5, 0.6) is 0 Å². The van der Waals surface area contributed by atoms with Crippen LogP contribution in [0.4, 0.5) is 5.82 Å². The third-order valence-electron chi connectivity index (χ3n) is 3.16. The number of carboxylic acid groups (broad SMARTS) is 1. The molecule has 0 unspecified atom stereocenters. The van der Waals surface area contributed by atoms with Crippen molar-refractivity contribution < 1.29 is 14.3 Å². The number of nitrogens with zero attached hydrogens (tertiary/aromatic N) is 4. The van der Waals surface area contributed by atoms with Crippen LogP contribution in [0, 0.1) is 6.92 Å². The van der Waals surface area contributed by atoms with Crippen LogP contribution >= 0.6 is 0 Å². The van der Waals surface area contributed by atoms with E-state index >= 15 is 0 Å². The summed E-state index contributed by atoms with van der Waals surface area (Å²) in [6.07, 6.45) is 3.12. The molecule has 0 radical (unpaired) electrons. The van der Waals surface area contributed by atoms with E-state index in [1.165, 1.54) is 12.4 Å². The second kappa shape index (κ2) is 4.89. The predicted molar refractivity (Wildman–Crippen MR) is 74.0 cm³/mol. The van der Waals surface area contributed by atoms with Gasteiger partial charge in [-0.1, -0.05) is 0 Å². The summed E-state index contributed by atoms with van der Waals surface area (Å²) in [5, 5.41) is 17.0. The number of nitrogens with one attached hydrogen (secondary N) is 1. The van der Waals surface area contributed by atoms with Gasteiger partial charge in [-0.25, -0.2) is 14.8 Å². The normalized spacial score (nSPS) is 11.0. The van der Waals surface area contributed by atoms with Crippen molar-refractivity contribution in [2.45, 2.75) is 13.5 Å². The monoisotopic (exact) mass is 287 g/mol. The lowest BCUT2D eigenvalue weighted by molar-refractivity contribution is 0.0695. The highest BCUT2D eigenvalue weighted by Gasteiger charge is 2.14. The molecule has 0 atom stereocenters. The third-order valence-corrected chi connectivity index (χ3v) is 3.16. The van der Waals surface area contributed by atoms with Crippen molar-refractivity contribution in [3.63, 3.8) is 0 Å². The molecule has 108 valence electrons. The van der Waals surface area contributed by atoms with Crippen molar-refractivity contribution in [3.8, 4) is 0 Å². The van der Waals surface area contributed by atoms with Crippen LogP contribution in [0.3, 0.4) is 0 Å². The van der Waals surface area contributed by atoms with Gasteiger partial charge < -0.3 is 14.8 Å². The van der Waals surface area contributed by atoms with E-state index in [4.69, 9.17) is 9.52 Å². The van der Waals surface area contributed by atoms with Crippen molar-refractivity contribution >= 4 is 22.8 Å². The molecule has 0 fully saturated rings. The minimum Gasteiger partial charge on any atom is -0.478 e. The van der Waals surface area contributed by atoms with E-state index in [0.717, 1.165) is 5.39 Å². The first-order valence-corrected chi connectivity index (χ1v) is 6.25. The first kappa shape index (κ1) is 13.1. The lowest BCUT2D eigenvalue weighted by Crippen LogP contribution is -2.02. The van der Waals surface area contributed by atoms with E-state index < -0.39 is 5.97 Å². The van der Waals surface area contributed by atoms with Gasteiger partial charge in [-0.05, 0) is 13.0 Å². The van der Waals surface area contributed by atoms with Gasteiger partial charge in [0, 0.05) is 7.05 Å². The molecule has 3 heterocycles. The zero-order chi connectivity index (χ0) is 15.0. The molecule has 3 aromatic heterocycles.